The maximum Gasteiger partial charge on any atom is 0.243 e. The van der Waals surface area contributed by atoms with Crippen molar-refractivity contribution in [3.63, 3.8) is 0 Å². The Morgan fingerprint density at radius 2 is 1.96 bits per heavy atom. The van der Waals surface area contributed by atoms with Crippen LogP contribution in [0.2, 0.25) is 0 Å². The first-order chi connectivity index (χ1) is 12.6. The van der Waals surface area contributed by atoms with Crippen molar-refractivity contribution in [1.82, 2.24) is 15.5 Å². The van der Waals surface area contributed by atoms with E-state index in [9.17, 15) is 4.79 Å². The molecule has 0 radical (unpaired) electrons. The number of aliphatic imine (C=N–C) groups is 1. The van der Waals surface area contributed by atoms with Gasteiger partial charge >= 0.3 is 0 Å². The van der Waals surface area contributed by atoms with Crippen LogP contribution >= 0.6 is 11.8 Å². The van der Waals surface area contributed by atoms with Crippen LogP contribution in [-0.2, 0) is 11.2 Å². The SMILES string of the molecule is C=CCSCCNC(=NCC(=O)N(C)C)NCCc1ccc(OC)cc1. The van der Waals surface area contributed by atoms with E-state index in [-0.39, 0.29) is 12.5 Å². The molecule has 0 bridgehead atoms. The Balaban J connectivity index is 2.49. The Morgan fingerprint density at radius 3 is 2.58 bits per heavy atom. The second-order valence-electron chi connectivity index (χ2n) is 5.77. The van der Waals surface area contributed by atoms with Crippen LogP contribution in [0.5, 0.6) is 5.75 Å². The monoisotopic (exact) mass is 378 g/mol. The minimum absolute atomic E-state index is 0.0257. The van der Waals surface area contributed by atoms with Crippen molar-refractivity contribution in [2.24, 2.45) is 4.99 Å². The number of likely N-dealkylation sites (N-methyl/N-ethyl adjacent to an activating group) is 1. The van der Waals surface area contributed by atoms with E-state index >= 15 is 0 Å². The van der Waals surface area contributed by atoms with E-state index < -0.39 is 0 Å². The summed E-state index contributed by atoms with van der Waals surface area (Å²) in [5.41, 5.74) is 1.21. The number of methoxy groups -OCH3 is 1. The van der Waals surface area contributed by atoms with Crippen molar-refractivity contribution in [1.29, 1.82) is 0 Å². The van der Waals surface area contributed by atoms with Gasteiger partial charge in [0.2, 0.25) is 5.91 Å². The van der Waals surface area contributed by atoms with Crippen LogP contribution in [0, 0.1) is 0 Å². The molecule has 1 rings (SSSR count). The van der Waals surface area contributed by atoms with E-state index in [1.165, 1.54) is 5.56 Å². The van der Waals surface area contributed by atoms with Crippen LogP contribution in [0.3, 0.4) is 0 Å². The van der Waals surface area contributed by atoms with E-state index in [4.69, 9.17) is 4.74 Å². The second-order valence-corrected chi connectivity index (χ2v) is 6.92. The first-order valence-corrected chi connectivity index (χ1v) is 9.76. The van der Waals surface area contributed by atoms with Crippen LogP contribution in [0.25, 0.3) is 0 Å². The molecule has 7 heteroatoms. The number of hydrogen-bond donors (Lipinski definition) is 2. The molecule has 0 aliphatic heterocycles. The third kappa shape index (κ3) is 9.36. The topological polar surface area (TPSA) is 66.0 Å². The highest BCUT2D eigenvalue weighted by Gasteiger charge is 2.04. The van der Waals surface area contributed by atoms with Crippen molar-refractivity contribution in [3.8, 4) is 5.75 Å². The maximum absolute atomic E-state index is 11.8. The number of carbonyl (C=O) groups excluding carboxylic acids is 1. The van der Waals surface area contributed by atoms with E-state index in [0.717, 1.165) is 36.8 Å². The quantitative estimate of drug-likeness (QED) is 0.266. The largest absolute Gasteiger partial charge is 0.497 e. The standard InChI is InChI=1S/C19H30N4O2S/c1-5-13-26-14-12-21-19(22-15-18(24)23(2)3)20-11-10-16-6-8-17(25-4)9-7-16/h5-9H,1,10-15H2,2-4H3,(H2,20,21,22). The number of rotatable bonds is 11. The van der Waals surface area contributed by atoms with Crippen LogP contribution < -0.4 is 15.4 Å². The summed E-state index contributed by atoms with van der Waals surface area (Å²) in [6.07, 6.45) is 2.75. The summed E-state index contributed by atoms with van der Waals surface area (Å²) in [5, 5.41) is 6.56. The molecule has 0 aromatic heterocycles. The van der Waals surface area contributed by atoms with E-state index in [0.29, 0.717) is 5.96 Å². The molecule has 0 spiro atoms. The van der Waals surface area contributed by atoms with Crippen molar-refractivity contribution < 1.29 is 9.53 Å². The molecule has 0 saturated carbocycles. The molecule has 6 nitrogen and oxygen atoms in total. The number of thioether (sulfide) groups is 1. The lowest BCUT2D eigenvalue weighted by Gasteiger charge is -2.14. The highest BCUT2D eigenvalue weighted by molar-refractivity contribution is 7.99. The Labute approximate surface area is 161 Å². The lowest BCUT2D eigenvalue weighted by atomic mass is 10.1. The third-order valence-corrected chi connectivity index (χ3v) is 4.48. The summed E-state index contributed by atoms with van der Waals surface area (Å²) < 4.78 is 5.17. The van der Waals surface area contributed by atoms with Gasteiger partial charge in [-0.1, -0.05) is 18.2 Å². The fourth-order valence-corrected chi connectivity index (χ4v) is 2.57. The Kier molecular flexibility index (Phi) is 11.0. The third-order valence-electron chi connectivity index (χ3n) is 3.51. The first-order valence-electron chi connectivity index (χ1n) is 8.60. The van der Waals surface area contributed by atoms with Gasteiger partial charge < -0.3 is 20.3 Å². The number of nitrogens with one attached hydrogen (secondary N) is 2. The van der Waals surface area contributed by atoms with Crippen molar-refractivity contribution in [2.75, 3.05) is 52.3 Å². The zero-order valence-electron chi connectivity index (χ0n) is 16.0. The number of ether oxygens (including phenoxy) is 1. The van der Waals surface area contributed by atoms with Gasteiger partial charge in [-0.15, -0.1) is 6.58 Å². The smallest absolute Gasteiger partial charge is 0.243 e. The van der Waals surface area contributed by atoms with Crippen LogP contribution in [0.4, 0.5) is 0 Å². The minimum atomic E-state index is -0.0257. The maximum atomic E-state index is 11.8. The second kappa shape index (κ2) is 13.1. The van der Waals surface area contributed by atoms with Crippen molar-refractivity contribution in [2.45, 2.75) is 6.42 Å². The van der Waals surface area contributed by atoms with E-state index in [1.807, 2.05) is 30.3 Å². The lowest BCUT2D eigenvalue weighted by Crippen LogP contribution is -2.40. The molecule has 0 unspecified atom stereocenters. The fourth-order valence-electron chi connectivity index (χ4n) is 1.99. The Bertz CT molecular complexity index is 573. The van der Waals surface area contributed by atoms with Crippen LogP contribution in [-0.4, -0.2) is 69.1 Å². The number of nitrogens with zero attached hydrogens (tertiary/aromatic N) is 2. The summed E-state index contributed by atoms with van der Waals surface area (Å²) >= 11 is 1.80. The van der Waals surface area contributed by atoms with Gasteiger partial charge in [0, 0.05) is 38.7 Å². The number of amides is 1. The molecule has 0 saturated heterocycles. The summed E-state index contributed by atoms with van der Waals surface area (Å²) in [5.74, 6) is 3.37. The molecule has 144 valence electrons. The molecule has 26 heavy (non-hydrogen) atoms. The zero-order valence-corrected chi connectivity index (χ0v) is 16.8. The predicted molar refractivity (Wildman–Crippen MR) is 111 cm³/mol. The number of benzene rings is 1. The molecular weight excluding hydrogens is 348 g/mol. The van der Waals surface area contributed by atoms with Gasteiger partial charge in [0.05, 0.1) is 7.11 Å². The molecule has 2 N–H and O–H groups in total. The molecule has 1 aromatic rings. The van der Waals surface area contributed by atoms with Gasteiger partial charge in [0.25, 0.3) is 0 Å². The zero-order chi connectivity index (χ0) is 19.2. The predicted octanol–water partition coefficient (Wildman–Crippen LogP) is 1.78. The van der Waals surface area contributed by atoms with Gasteiger partial charge in [0.1, 0.15) is 12.3 Å². The molecular formula is C19H30N4O2S. The molecule has 0 aliphatic carbocycles. The molecule has 1 amide bonds. The molecule has 0 fully saturated rings. The van der Waals surface area contributed by atoms with Crippen LogP contribution in [0.15, 0.2) is 41.9 Å². The first kappa shape index (κ1) is 21.9. The minimum Gasteiger partial charge on any atom is -0.497 e. The Hall–Kier alpha value is -2.15. The average Bonchev–Trinajstić information content (AvgIpc) is 2.65. The lowest BCUT2D eigenvalue weighted by molar-refractivity contribution is -0.127. The van der Waals surface area contributed by atoms with Crippen molar-refractivity contribution in [3.05, 3.63) is 42.5 Å². The van der Waals surface area contributed by atoms with Gasteiger partial charge in [-0.05, 0) is 24.1 Å². The van der Waals surface area contributed by atoms with Gasteiger partial charge in [0.15, 0.2) is 5.96 Å². The van der Waals surface area contributed by atoms with Gasteiger partial charge in [-0.25, -0.2) is 4.99 Å². The molecule has 0 heterocycles. The molecule has 0 aliphatic rings. The fraction of sp³-hybridized carbons (Fsp3) is 0.474. The normalized spacial score (nSPS) is 11.0. The van der Waals surface area contributed by atoms with E-state index in [2.05, 4.69) is 22.2 Å². The van der Waals surface area contributed by atoms with Gasteiger partial charge in [-0.3, -0.25) is 4.79 Å². The summed E-state index contributed by atoms with van der Waals surface area (Å²) in [6.45, 7) is 5.35. The summed E-state index contributed by atoms with van der Waals surface area (Å²) in [4.78, 5) is 17.7. The van der Waals surface area contributed by atoms with Gasteiger partial charge in [-0.2, -0.15) is 11.8 Å². The number of carbonyl (C=O) groups is 1. The van der Waals surface area contributed by atoms with Crippen LogP contribution in [0.1, 0.15) is 5.56 Å². The Morgan fingerprint density at radius 1 is 1.27 bits per heavy atom. The number of guanidine groups is 1. The van der Waals surface area contributed by atoms with Crippen molar-refractivity contribution >= 4 is 23.6 Å². The average molecular weight is 379 g/mol. The summed E-state index contributed by atoms with van der Waals surface area (Å²) in [7, 11) is 5.12. The number of hydrogen-bond acceptors (Lipinski definition) is 4. The van der Waals surface area contributed by atoms with E-state index in [1.54, 1.807) is 37.9 Å². The highest BCUT2D eigenvalue weighted by Crippen LogP contribution is 2.11. The highest BCUT2D eigenvalue weighted by atomic mass is 32.2. The summed E-state index contributed by atoms with van der Waals surface area (Å²) in [6, 6.07) is 8.00. The molecule has 0 atom stereocenters. The molecule has 1 aromatic carbocycles.